The van der Waals surface area contributed by atoms with Crippen molar-refractivity contribution in [3.8, 4) is 11.6 Å². The fourth-order valence-corrected chi connectivity index (χ4v) is 4.84. The number of fused-ring (bicyclic) bond motifs is 3. The largest absolute Gasteiger partial charge is 0.474 e. The van der Waals surface area contributed by atoms with Gasteiger partial charge in [-0.15, -0.1) is 10.2 Å². The lowest BCUT2D eigenvalue weighted by Crippen LogP contribution is -2.28. The van der Waals surface area contributed by atoms with Crippen LogP contribution in [0, 0.1) is 0 Å². The molecule has 8 nitrogen and oxygen atoms in total. The molecule has 1 aromatic carbocycles. The number of amides is 1. The van der Waals surface area contributed by atoms with E-state index >= 15 is 0 Å². The molecule has 0 unspecified atom stereocenters. The SMILES string of the molecule is O=C(O)N1Cc2cc(Cl)ccc2-n2c(nnc2C2CCC(Oc3cccc(Cl)n3)CC2)C1. The standard InChI is InChI=1S/C22H21Cl2N5O3/c23-15-6-9-17-14(10-15)11-28(22(30)31)12-19-26-27-21(29(17)19)13-4-7-16(8-5-13)32-20-3-1-2-18(24)25-20/h1-3,6,9-10,13,16H,4-5,7-8,11-12H2,(H,30,31). The number of carbonyl (C=O) groups is 1. The number of ether oxygens (including phenoxy) is 1. The highest BCUT2D eigenvalue weighted by Crippen LogP contribution is 2.37. The minimum Gasteiger partial charge on any atom is -0.474 e. The van der Waals surface area contributed by atoms with Crippen molar-refractivity contribution in [1.29, 1.82) is 0 Å². The van der Waals surface area contributed by atoms with E-state index in [1.165, 1.54) is 4.90 Å². The number of carboxylic acid groups (broad SMARTS) is 1. The molecule has 1 N–H and O–H groups in total. The molecule has 0 saturated heterocycles. The molecule has 0 spiro atoms. The van der Waals surface area contributed by atoms with Crippen LogP contribution in [0.2, 0.25) is 10.2 Å². The van der Waals surface area contributed by atoms with Crippen LogP contribution < -0.4 is 4.74 Å². The zero-order valence-corrected chi connectivity index (χ0v) is 18.6. The molecule has 1 fully saturated rings. The molecule has 0 atom stereocenters. The molecule has 2 aliphatic rings. The van der Waals surface area contributed by atoms with E-state index < -0.39 is 6.09 Å². The summed E-state index contributed by atoms with van der Waals surface area (Å²) in [5.41, 5.74) is 1.72. The van der Waals surface area contributed by atoms with Gasteiger partial charge in [0.2, 0.25) is 5.88 Å². The second-order valence-corrected chi connectivity index (χ2v) is 8.94. The Hall–Kier alpha value is -2.84. The van der Waals surface area contributed by atoms with Crippen LogP contribution >= 0.6 is 23.2 Å². The molecular formula is C22H21Cl2N5O3. The van der Waals surface area contributed by atoms with Crippen molar-refractivity contribution >= 4 is 29.3 Å². The van der Waals surface area contributed by atoms with Gasteiger partial charge in [0.05, 0.1) is 18.8 Å². The Balaban J connectivity index is 1.39. The van der Waals surface area contributed by atoms with Crippen molar-refractivity contribution in [3.63, 3.8) is 0 Å². The van der Waals surface area contributed by atoms with Crippen LogP contribution in [-0.4, -0.2) is 42.0 Å². The minimum atomic E-state index is -0.999. The van der Waals surface area contributed by atoms with Crippen LogP contribution in [0.5, 0.6) is 5.88 Å². The third-order valence-corrected chi connectivity index (χ3v) is 6.46. The first-order valence-corrected chi connectivity index (χ1v) is 11.2. The van der Waals surface area contributed by atoms with Gasteiger partial charge in [-0.25, -0.2) is 9.78 Å². The highest BCUT2D eigenvalue weighted by Gasteiger charge is 2.32. The van der Waals surface area contributed by atoms with Gasteiger partial charge in [-0.2, -0.15) is 0 Å². The van der Waals surface area contributed by atoms with Gasteiger partial charge in [-0.1, -0.05) is 29.3 Å². The van der Waals surface area contributed by atoms with Gasteiger partial charge in [-0.3, -0.25) is 9.47 Å². The predicted molar refractivity (Wildman–Crippen MR) is 119 cm³/mol. The molecule has 1 saturated carbocycles. The summed E-state index contributed by atoms with van der Waals surface area (Å²) in [7, 11) is 0. The van der Waals surface area contributed by atoms with Gasteiger partial charge in [0, 0.05) is 17.0 Å². The number of nitrogens with zero attached hydrogens (tertiary/aromatic N) is 5. The molecule has 1 aliphatic heterocycles. The van der Waals surface area contributed by atoms with Crippen LogP contribution in [0.25, 0.3) is 5.69 Å². The second kappa shape index (κ2) is 8.60. The van der Waals surface area contributed by atoms with Crippen molar-refractivity contribution in [2.45, 2.75) is 50.8 Å². The normalized spacial score (nSPS) is 20.2. The minimum absolute atomic E-state index is 0.0670. The van der Waals surface area contributed by atoms with Crippen LogP contribution in [0.4, 0.5) is 4.79 Å². The number of aromatic nitrogens is 4. The lowest BCUT2D eigenvalue weighted by atomic mass is 9.86. The molecular weight excluding hydrogens is 453 g/mol. The fraction of sp³-hybridized carbons (Fsp3) is 0.364. The van der Waals surface area contributed by atoms with Crippen LogP contribution in [-0.2, 0) is 13.1 Å². The molecule has 1 aliphatic carbocycles. The number of halogens is 2. The van der Waals surface area contributed by atoms with Crippen LogP contribution in [0.3, 0.4) is 0 Å². The van der Waals surface area contributed by atoms with Gasteiger partial charge >= 0.3 is 6.09 Å². The lowest BCUT2D eigenvalue weighted by molar-refractivity contribution is 0.137. The first-order chi connectivity index (χ1) is 15.5. The van der Waals surface area contributed by atoms with E-state index in [0.717, 1.165) is 42.8 Å². The number of rotatable bonds is 3. The third kappa shape index (κ3) is 4.12. The van der Waals surface area contributed by atoms with Crippen LogP contribution in [0.15, 0.2) is 36.4 Å². The number of hydrogen-bond acceptors (Lipinski definition) is 5. The summed E-state index contributed by atoms with van der Waals surface area (Å²) < 4.78 is 8.03. The molecule has 0 bridgehead atoms. The summed E-state index contributed by atoms with van der Waals surface area (Å²) in [6.45, 7) is 0.425. The Morgan fingerprint density at radius 2 is 1.88 bits per heavy atom. The van der Waals surface area contributed by atoms with E-state index in [4.69, 9.17) is 27.9 Å². The Bertz CT molecular complexity index is 1160. The first kappa shape index (κ1) is 21.0. The van der Waals surface area contributed by atoms with Gasteiger partial charge < -0.3 is 9.84 Å². The van der Waals surface area contributed by atoms with Gasteiger partial charge in [-0.05, 0) is 55.5 Å². The van der Waals surface area contributed by atoms with Gasteiger partial charge in [0.25, 0.3) is 0 Å². The van der Waals surface area contributed by atoms with Gasteiger partial charge in [0.1, 0.15) is 17.1 Å². The summed E-state index contributed by atoms with van der Waals surface area (Å²) in [5, 5.41) is 19.4. The number of hydrogen-bond donors (Lipinski definition) is 1. The van der Waals surface area contributed by atoms with Crippen molar-refractivity contribution in [2.75, 3.05) is 0 Å². The van der Waals surface area contributed by atoms with E-state index in [1.807, 2.05) is 34.9 Å². The Morgan fingerprint density at radius 3 is 2.62 bits per heavy atom. The molecule has 5 rings (SSSR count). The monoisotopic (exact) mass is 473 g/mol. The average molecular weight is 474 g/mol. The highest BCUT2D eigenvalue weighted by atomic mass is 35.5. The molecule has 3 aromatic rings. The van der Waals surface area contributed by atoms with Gasteiger partial charge in [0.15, 0.2) is 5.82 Å². The topological polar surface area (TPSA) is 93.4 Å². The fourth-order valence-electron chi connectivity index (χ4n) is 4.49. The molecule has 32 heavy (non-hydrogen) atoms. The zero-order chi connectivity index (χ0) is 22.2. The summed E-state index contributed by atoms with van der Waals surface area (Å²) in [6, 6.07) is 10.9. The van der Waals surface area contributed by atoms with E-state index in [2.05, 4.69) is 15.2 Å². The number of pyridine rings is 1. The predicted octanol–water partition coefficient (Wildman–Crippen LogP) is 5.07. The lowest BCUT2D eigenvalue weighted by Gasteiger charge is -2.28. The van der Waals surface area contributed by atoms with Crippen molar-refractivity contribution in [3.05, 3.63) is 63.8 Å². The molecule has 3 heterocycles. The van der Waals surface area contributed by atoms with E-state index in [0.29, 0.717) is 21.9 Å². The smallest absolute Gasteiger partial charge is 0.408 e. The molecule has 1 amide bonds. The maximum absolute atomic E-state index is 11.7. The number of benzene rings is 1. The molecule has 166 valence electrons. The quantitative estimate of drug-likeness (QED) is 0.533. The van der Waals surface area contributed by atoms with Crippen molar-refractivity contribution in [2.24, 2.45) is 0 Å². The Morgan fingerprint density at radius 1 is 1.06 bits per heavy atom. The first-order valence-electron chi connectivity index (χ1n) is 10.5. The maximum Gasteiger partial charge on any atom is 0.408 e. The Labute approximate surface area is 194 Å². The van der Waals surface area contributed by atoms with E-state index in [-0.39, 0.29) is 25.1 Å². The van der Waals surface area contributed by atoms with E-state index in [1.54, 1.807) is 6.07 Å². The second-order valence-electron chi connectivity index (χ2n) is 8.11. The van der Waals surface area contributed by atoms with Crippen molar-refractivity contribution < 1.29 is 14.6 Å². The Kier molecular flexibility index (Phi) is 5.65. The summed E-state index contributed by atoms with van der Waals surface area (Å²) in [4.78, 5) is 17.3. The maximum atomic E-state index is 11.7. The molecule has 0 radical (unpaired) electrons. The highest BCUT2D eigenvalue weighted by molar-refractivity contribution is 6.30. The van der Waals surface area contributed by atoms with Crippen molar-refractivity contribution in [1.82, 2.24) is 24.6 Å². The summed E-state index contributed by atoms with van der Waals surface area (Å²) in [5.74, 6) is 2.21. The average Bonchev–Trinajstić information content (AvgIpc) is 3.10. The summed E-state index contributed by atoms with van der Waals surface area (Å²) >= 11 is 12.2. The third-order valence-electron chi connectivity index (χ3n) is 6.02. The molecule has 2 aromatic heterocycles. The summed E-state index contributed by atoms with van der Waals surface area (Å²) in [6.07, 6.45) is 2.55. The van der Waals surface area contributed by atoms with Crippen LogP contribution in [0.1, 0.15) is 48.8 Å². The van der Waals surface area contributed by atoms with E-state index in [9.17, 15) is 9.90 Å². The zero-order valence-electron chi connectivity index (χ0n) is 17.1. The molecule has 10 heteroatoms.